The highest BCUT2D eigenvalue weighted by Gasteiger charge is 2.37. The number of fused-ring (bicyclic) bond motifs is 1. The Bertz CT molecular complexity index is 963. The average molecular weight is 405 g/mol. The van der Waals surface area contributed by atoms with E-state index >= 15 is 0 Å². The Labute approximate surface area is 182 Å². The summed E-state index contributed by atoms with van der Waals surface area (Å²) in [7, 11) is 0. The highest BCUT2D eigenvalue weighted by molar-refractivity contribution is 5.87. The molecule has 2 nitrogen and oxygen atoms in total. The summed E-state index contributed by atoms with van der Waals surface area (Å²) in [4.78, 5) is 11.8. The second-order valence-electron chi connectivity index (χ2n) is 9.96. The van der Waals surface area contributed by atoms with Crippen molar-refractivity contribution in [2.24, 2.45) is 0 Å². The summed E-state index contributed by atoms with van der Waals surface area (Å²) in [5.74, 6) is -0.0620. The first kappa shape index (κ1) is 22.3. The normalized spacial score (nSPS) is 18.1. The molecule has 0 radical (unpaired) electrons. The monoisotopic (exact) mass is 404 g/mol. The number of hydrogen-bond donors (Lipinski definition) is 0. The van der Waals surface area contributed by atoms with Crippen molar-refractivity contribution < 1.29 is 9.53 Å². The summed E-state index contributed by atoms with van der Waals surface area (Å²) in [6.45, 7) is 16.2. The first-order chi connectivity index (χ1) is 14.1. The van der Waals surface area contributed by atoms with Crippen LogP contribution in [0.3, 0.4) is 0 Å². The molecule has 0 fully saturated rings. The molecule has 0 saturated heterocycles. The van der Waals surface area contributed by atoms with Crippen molar-refractivity contribution in [3.05, 3.63) is 75.9 Å². The molecule has 0 amide bonds. The molecular weight excluding hydrogens is 368 g/mol. The van der Waals surface area contributed by atoms with E-state index in [2.05, 4.69) is 71.9 Å². The first-order valence-corrected chi connectivity index (χ1v) is 11.2. The van der Waals surface area contributed by atoms with Crippen LogP contribution in [0, 0.1) is 6.92 Å². The number of aryl methyl sites for hydroxylation is 1. The third-order valence-corrected chi connectivity index (χ3v) is 6.85. The number of rotatable bonds is 5. The Morgan fingerprint density at radius 2 is 1.63 bits per heavy atom. The quantitative estimate of drug-likeness (QED) is 0.393. The van der Waals surface area contributed by atoms with Crippen LogP contribution >= 0.6 is 0 Å². The van der Waals surface area contributed by atoms with Crippen LogP contribution in [-0.2, 0) is 20.4 Å². The van der Waals surface area contributed by atoms with Crippen LogP contribution in [0.25, 0.3) is 6.08 Å². The van der Waals surface area contributed by atoms with E-state index in [9.17, 15) is 4.79 Å². The Kier molecular flexibility index (Phi) is 6.26. The Hall–Kier alpha value is -2.35. The van der Waals surface area contributed by atoms with E-state index in [-0.39, 0.29) is 22.7 Å². The Morgan fingerprint density at radius 1 is 1.03 bits per heavy atom. The maximum atomic E-state index is 11.8. The van der Waals surface area contributed by atoms with Gasteiger partial charge in [0, 0.05) is 12.0 Å². The van der Waals surface area contributed by atoms with Gasteiger partial charge < -0.3 is 4.74 Å². The van der Waals surface area contributed by atoms with Gasteiger partial charge in [0.2, 0.25) is 0 Å². The van der Waals surface area contributed by atoms with Gasteiger partial charge in [-0.25, -0.2) is 4.79 Å². The van der Waals surface area contributed by atoms with E-state index in [1.54, 1.807) is 0 Å². The van der Waals surface area contributed by atoms with Gasteiger partial charge in [-0.3, -0.25) is 0 Å². The van der Waals surface area contributed by atoms with E-state index in [0.717, 1.165) is 5.56 Å². The molecule has 0 aromatic heterocycles. The topological polar surface area (TPSA) is 26.3 Å². The maximum absolute atomic E-state index is 11.8. The fourth-order valence-corrected chi connectivity index (χ4v) is 4.78. The maximum Gasteiger partial charge on any atom is 0.330 e. The number of carbonyl (C=O) groups is 1. The van der Waals surface area contributed by atoms with Crippen LogP contribution in [0.1, 0.15) is 93.7 Å². The second kappa shape index (κ2) is 8.41. The molecule has 2 aromatic rings. The Morgan fingerprint density at radius 3 is 2.27 bits per heavy atom. The Balaban J connectivity index is 2.05. The number of benzene rings is 2. The molecule has 0 saturated carbocycles. The summed E-state index contributed by atoms with van der Waals surface area (Å²) in [5.41, 5.74) is 8.42. The third kappa shape index (κ3) is 4.38. The molecule has 0 N–H and O–H groups in total. The van der Waals surface area contributed by atoms with Crippen LogP contribution < -0.4 is 0 Å². The SMILES string of the molecule is CCOC(=O)C=Cc1ccccc1C(C)c1cc2c(cc1C)C(C)(C)CCC2(C)C. The number of ether oxygens (including phenoxy) is 1. The van der Waals surface area contributed by atoms with Gasteiger partial charge in [0.25, 0.3) is 0 Å². The lowest BCUT2D eigenvalue weighted by molar-refractivity contribution is -0.137. The summed E-state index contributed by atoms with van der Waals surface area (Å²) in [5, 5.41) is 0. The molecule has 160 valence electrons. The van der Waals surface area contributed by atoms with E-state index in [1.807, 2.05) is 19.1 Å². The molecule has 2 aromatic carbocycles. The van der Waals surface area contributed by atoms with Crippen molar-refractivity contribution in [2.45, 2.75) is 78.1 Å². The molecule has 1 atom stereocenters. The first-order valence-electron chi connectivity index (χ1n) is 11.2. The van der Waals surface area contributed by atoms with Crippen LogP contribution in [0.5, 0.6) is 0 Å². The van der Waals surface area contributed by atoms with E-state index in [4.69, 9.17) is 4.74 Å². The molecule has 2 heteroatoms. The molecule has 0 heterocycles. The molecule has 1 aliphatic carbocycles. The van der Waals surface area contributed by atoms with Gasteiger partial charge in [0.1, 0.15) is 0 Å². The zero-order chi connectivity index (χ0) is 22.1. The molecule has 1 unspecified atom stereocenters. The molecule has 3 rings (SSSR count). The molecule has 0 spiro atoms. The van der Waals surface area contributed by atoms with E-state index in [0.29, 0.717) is 6.61 Å². The zero-order valence-corrected chi connectivity index (χ0v) is 19.6. The smallest absolute Gasteiger partial charge is 0.330 e. The van der Waals surface area contributed by atoms with Gasteiger partial charge in [0.15, 0.2) is 0 Å². The third-order valence-electron chi connectivity index (χ3n) is 6.85. The lowest BCUT2D eigenvalue weighted by atomic mass is 9.62. The predicted molar refractivity (Wildman–Crippen MR) is 126 cm³/mol. The average Bonchev–Trinajstić information content (AvgIpc) is 2.70. The van der Waals surface area contributed by atoms with Crippen molar-refractivity contribution in [1.29, 1.82) is 0 Å². The molecular formula is C28H36O2. The van der Waals surface area contributed by atoms with Gasteiger partial charge >= 0.3 is 5.97 Å². The van der Waals surface area contributed by atoms with Crippen molar-refractivity contribution in [3.63, 3.8) is 0 Å². The highest BCUT2D eigenvalue weighted by Crippen LogP contribution is 2.47. The molecule has 0 aliphatic heterocycles. The van der Waals surface area contributed by atoms with Crippen LogP contribution in [0.15, 0.2) is 42.5 Å². The summed E-state index contributed by atoms with van der Waals surface area (Å²) in [6, 6.07) is 13.2. The molecule has 1 aliphatic rings. The van der Waals surface area contributed by atoms with Gasteiger partial charge in [-0.2, -0.15) is 0 Å². The van der Waals surface area contributed by atoms with Crippen LogP contribution in [0.4, 0.5) is 0 Å². The van der Waals surface area contributed by atoms with Gasteiger partial charge in [-0.1, -0.05) is 71.0 Å². The van der Waals surface area contributed by atoms with Crippen LogP contribution in [0.2, 0.25) is 0 Å². The standard InChI is InChI=1S/C28H36O2/c1-8-30-26(29)14-13-21-11-9-10-12-22(21)20(3)23-18-25-24(17-19(23)2)27(4,5)15-16-28(25,6)7/h9-14,17-18,20H,8,15-16H2,1-7H3. The fourth-order valence-electron chi connectivity index (χ4n) is 4.78. The minimum Gasteiger partial charge on any atom is -0.463 e. The lowest BCUT2D eigenvalue weighted by Gasteiger charge is -2.42. The predicted octanol–water partition coefficient (Wildman–Crippen LogP) is 7.07. The minimum absolute atomic E-state index is 0.191. The zero-order valence-electron chi connectivity index (χ0n) is 19.6. The number of hydrogen-bond acceptors (Lipinski definition) is 2. The van der Waals surface area contributed by atoms with Crippen molar-refractivity contribution in [3.8, 4) is 0 Å². The number of carbonyl (C=O) groups excluding carboxylic acids is 1. The second-order valence-corrected chi connectivity index (χ2v) is 9.96. The van der Waals surface area contributed by atoms with Crippen molar-refractivity contribution in [1.82, 2.24) is 0 Å². The lowest BCUT2D eigenvalue weighted by Crippen LogP contribution is -2.34. The molecule has 30 heavy (non-hydrogen) atoms. The largest absolute Gasteiger partial charge is 0.463 e. The minimum atomic E-state index is -0.297. The van der Waals surface area contributed by atoms with Gasteiger partial charge in [-0.05, 0) is 77.0 Å². The molecule has 0 bridgehead atoms. The highest BCUT2D eigenvalue weighted by atomic mass is 16.5. The number of esters is 1. The van der Waals surface area contributed by atoms with Crippen molar-refractivity contribution >= 4 is 12.0 Å². The van der Waals surface area contributed by atoms with E-state index in [1.165, 1.54) is 46.7 Å². The summed E-state index contributed by atoms with van der Waals surface area (Å²) >= 11 is 0. The van der Waals surface area contributed by atoms with Gasteiger partial charge in [-0.15, -0.1) is 0 Å². The van der Waals surface area contributed by atoms with Gasteiger partial charge in [0.05, 0.1) is 6.61 Å². The van der Waals surface area contributed by atoms with Crippen LogP contribution in [-0.4, -0.2) is 12.6 Å². The fraction of sp³-hybridized carbons (Fsp3) is 0.464. The summed E-state index contributed by atoms with van der Waals surface area (Å²) in [6.07, 6.45) is 5.84. The van der Waals surface area contributed by atoms with E-state index < -0.39 is 0 Å². The summed E-state index contributed by atoms with van der Waals surface area (Å²) < 4.78 is 5.05. The van der Waals surface area contributed by atoms with Crippen molar-refractivity contribution in [2.75, 3.05) is 6.61 Å².